The van der Waals surface area contributed by atoms with E-state index in [9.17, 15) is 10.1 Å². The zero-order chi connectivity index (χ0) is 21.6. The first-order chi connectivity index (χ1) is 14.5. The van der Waals surface area contributed by atoms with Gasteiger partial charge < -0.3 is 0 Å². The molecule has 3 atom stereocenters. The summed E-state index contributed by atoms with van der Waals surface area (Å²) in [5, 5.41) is 10.1. The summed E-state index contributed by atoms with van der Waals surface area (Å²) in [5.74, 6) is -0.666. The Bertz CT molecular complexity index is 845. The summed E-state index contributed by atoms with van der Waals surface area (Å²) < 4.78 is 14.0. The first-order valence-corrected chi connectivity index (χ1v) is 13.7. The third-order valence-electron chi connectivity index (χ3n) is 5.62. The van der Waals surface area contributed by atoms with Crippen molar-refractivity contribution in [2.75, 3.05) is 13.7 Å². The van der Waals surface area contributed by atoms with Crippen LogP contribution in [0.1, 0.15) is 26.7 Å². The van der Waals surface area contributed by atoms with Gasteiger partial charge in [-0.15, -0.1) is 0 Å². The van der Waals surface area contributed by atoms with Crippen LogP contribution in [0, 0.1) is 22.7 Å². The van der Waals surface area contributed by atoms with Gasteiger partial charge in [-0.25, -0.2) is 0 Å². The molecule has 6 heteroatoms. The van der Waals surface area contributed by atoms with Crippen LogP contribution in [-0.2, 0) is 14.3 Å². The fraction of sp³-hybridized carbons (Fsp3) is 0.417. The summed E-state index contributed by atoms with van der Waals surface area (Å²) in [5.41, 5.74) is -1.37. The van der Waals surface area contributed by atoms with Crippen molar-refractivity contribution in [3.63, 3.8) is 0 Å². The predicted molar refractivity (Wildman–Crippen MR) is 120 cm³/mol. The standard InChI is InChI=1S/C24H27NO3Se2/c1-4-28-21(26)24(17-23(2,27-3)15-18(24)16-25)22(29-19-11-7-5-8-12-19)30-20-13-9-6-10-14-20/h5-14,18,22H,4,15,17H2,1-3H3. The topological polar surface area (TPSA) is 59.3 Å². The van der Waals surface area contributed by atoms with Crippen LogP contribution in [-0.4, -0.2) is 55.2 Å². The summed E-state index contributed by atoms with van der Waals surface area (Å²) in [6.07, 6.45) is 1.06. The normalized spacial score (nSPS) is 25.8. The fourth-order valence-electron chi connectivity index (χ4n) is 4.05. The molecule has 2 aromatic carbocycles. The first-order valence-electron chi connectivity index (χ1n) is 10.0. The van der Waals surface area contributed by atoms with Gasteiger partial charge in [0.05, 0.1) is 0 Å². The van der Waals surface area contributed by atoms with Crippen LogP contribution in [0.2, 0.25) is 3.71 Å². The van der Waals surface area contributed by atoms with Gasteiger partial charge >= 0.3 is 192 Å². The molecule has 0 aliphatic heterocycles. The van der Waals surface area contributed by atoms with Crippen LogP contribution in [0.4, 0.5) is 0 Å². The Hall–Kier alpha value is -1.60. The van der Waals surface area contributed by atoms with Gasteiger partial charge in [0, 0.05) is 0 Å². The van der Waals surface area contributed by atoms with E-state index >= 15 is 0 Å². The van der Waals surface area contributed by atoms with Crippen LogP contribution in [0.5, 0.6) is 0 Å². The molecular weight excluding hydrogens is 508 g/mol. The van der Waals surface area contributed by atoms with Crippen molar-refractivity contribution in [3.05, 3.63) is 60.7 Å². The molecule has 3 unspecified atom stereocenters. The molecule has 1 saturated carbocycles. The van der Waals surface area contributed by atoms with Crippen LogP contribution in [0.15, 0.2) is 60.7 Å². The van der Waals surface area contributed by atoms with Crippen molar-refractivity contribution in [2.45, 2.75) is 36.0 Å². The van der Waals surface area contributed by atoms with Crippen molar-refractivity contribution in [1.29, 1.82) is 5.26 Å². The van der Waals surface area contributed by atoms with Crippen molar-refractivity contribution in [2.24, 2.45) is 11.3 Å². The molecule has 3 rings (SSSR count). The second-order valence-electron chi connectivity index (χ2n) is 7.67. The van der Waals surface area contributed by atoms with Gasteiger partial charge in [-0.1, -0.05) is 0 Å². The van der Waals surface area contributed by atoms with Crippen molar-refractivity contribution >= 4 is 44.8 Å². The van der Waals surface area contributed by atoms with Crippen molar-refractivity contribution < 1.29 is 14.3 Å². The molecular formula is C24H27NO3Se2. The number of ether oxygens (including phenoxy) is 2. The van der Waals surface area contributed by atoms with E-state index in [1.54, 1.807) is 7.11 Å². The van der Waals surface area contributed by atoms with E-state index in [0.717, 1.165) is 0 Å². The van der Waals surface area contributed by atoms with E-state index in [2.05, 4.69) is 30.3 Å². The van der Waals surface area contributed by atoms with Crippen LogP contribution < -0.4 is 8.92 Å². The maximum absolute atomic E-state index is 13.6. The van der Waals surface area contributed by atoms with E-state index in [1.165, 1.54) is 8.92 Å². The third-order valence-corrected chi connectivity index (χ3v) is 12.7. The second-order valence-corrected chi connectivity index (χ2v) is 14.1. The summed E-state index contributed by atoms with van der Waals surface area (Å²) in [6.45, 7) is 4.16. The minimum atomic E-state index is -0.860. The van der Waals surface area contributed by atoms with E-state index in [1.807, 2.05) is 50.2 Å². The third kappa shape index (κ3) is 4.83. The van der Waals surface area contributed by atoms with E-state index in [0.29, 0.717) is 19.4 Å². The Kier molecular flexibility index (Phi) is 7.80. The molecule has 1 aliphatic rings. The number of esters is 1. The van der Waals surface area contributed by atoms with E-state index in [4.69, 9.17) is 9.47 Å². The SMILES string of the molecule is CCOC(=O)C1(C([Se]c2ccccc2)[Se]c2ccccc2)CC(C)(OC)CC1C#N. The molecule has 158 valence electrons. The Labute approximate surface area is 191 Å². The molecule has 30 heavy (non-hydrogen) atoms. The number of carbonyl (C=O) groups excluding carboxylic acids is 1. The van der Waals surface area contributed by atoms with Gasteiger partial charge in [0.25, 0.3) is 0 Å². The molecule has 0 saturated heterocycles. The number of methoxy groups -OCH3 is 1. The number of nitrogens with zero attached hydrogens (tertiary/aromatic N) is 1. The van der Waals surface area contributed by atoms with Crippen LogP contribution in [0.25, 0.3) is 0 Å². The number of carbonyl (C=O) groups is 1. The van der Waals surface area contributed by atoms with Gasteiger partial charge in [0.15, 0.2) is 0 Å². The summed E-state index contributed by atoms with van der Waals surface area (Å²) >= 11 is 0.0237. The quantitative estimate of drug-likeness (QED) is 0.386. The van der Waals surface area contributed by atoms with Crippen molar-refractivity contribution in [3.8, 4) is 6.07 Å². The monoisotopic (exact) mass is 537 g/mol. The molecule has 0 N–H and O–H groups in total. The number of benzene rings is 2. The molecule has 4 nitrogen and oxygen atoms in total. The maximum atomic E-state index is 13.6. The molecule has 1 aliphatic carbocycles. The van der Waals surface area contributed by atoms with Gasteiger partial charge in [0.1, 0.15) is 0 Å². The average molecular weight is 535 g/mol. The fourth-order valence-corrected chi connectivity index (χ4v) is 11.8. The first kappa shape index (κ1) is 23.1. The van der Waals surface area contributed by atoms with Gasteiger partial charge in [-0.05, 0) is 0 Å². The van der Waals surface area contributed by atoms with Gasteiger partial charge in [0.2, 0.25) is 0 Å². The molecule has 0 radical (unpaired) electrons. The number of nitriles is 1. The number of rotatable bonds is 8. The average Bonchev–Trinajstić information content (AvgIpc) is 3.09. The second kappa shape index (κ2) is 10.1. The number of hydrogen-bond donors (Lipinski definition) is 0. The molecule has 0 amide bonds. The van der Waals surface area contributed by atoms with Crippen molar-refractivity contribution in [1.82, 2.24) is 0 Å². The van der Waals surface area contributed by atoms with E-state index < -0.39 is 16.9 Å². The molecule has 2 aromatic rings. The molecule has 0 spiro atoms. The molecule has 0 heterocycles. The molecule has 1 fully saturated rings. The Morgan fingerprint density at radius 2 is 1.67 bits per heavy atom. The summed E-state index contributed by atoms with van der Waals surface area (Å²) in [4.78, 5) is 13.6. The number of hydrogen-bond acceptors (Lipinski definition) is 4. The molecule has 0 bridgehead atoms. The van der Waals surface area contributed by atoms with Gasteiger partial charge in [-0.3, -0.25) is 0 Å². The van der Waals surface area contributed by atoms with Gasteiger partial charge in [-0.2, -0.15) is 0 Å². The Balaban J connectivity index is 2.10. The van der Waals surface area contributed by atoms with E-state index in [-0.39, 0.29) is 39.6 Å². The summed E-state index contributed by atoms with van der Waals surface area (Å²) in [6, 6.07) is 23.1. The Morgan fingerprint density at radius 1 is 1.13 bits per heavy atom. The van der Waals surface area contributed by atoms with Crippen LogP contribution in [0.3, 0.4) is 0 Å². The zero-order valence-corrected chi connectivity index (χ0v) is 21.0. The zero-order valence-electron chi connectivity index (χ0n) is 17.5. The Morgan fingerprint density at radius 3 is 2.10 bits per heavy atom. The minimum absolute atomic E-state index is 0.0119. The molecule has 0 aromatic heterocycles. The predicted octanol–water partition coefficient (Wildman–Crippen LogP) is 2.68. The van der Waals surface area contributed by atoms with Crippen LogP contribution >= 0.6 is 0 Å². The summed E-state index contributed by atoms with van der Waals surface area (Å²) in [7, 11) is 1.68.